The molecule has 2 nitrogen and oxygen atoms in total. The molecule has 0 saturated heterocycles. The van der Waals surface area contributed by atoms with Crippen LogP contribution in [-0.2, 0) is 0 Å². The lowest BCUT2D eigenvalue weighted by Gasteiger charge is -2.16. The molecule has 0 aromatic rings. The summed E-state index contributed by atoms with van der Waals surface area (Å²) >= 11 is 0. The maximum absolute atomic E-state index is 8.72. The first kappa shape index (κ1) is 9.50. The van der Waals surface area contributed by atoms with Gasteiger partial charge in [0.25, 0.3) is 0 Å². The molecule has 0 aromatic heterocycles. The van der Waals surface area contributed by atoms with E-state index < -0.39 is 0 Å². The number of nitrogens with one attached hydrogen (secondary N) is 1. The SMILES string of the molecule is C=C(NC(C)C)C(C)CO. The molecule has 0 rings (SSSR count). The third-order valence-corrected chi connectivity index (χ3v) is 1.34. The number of aliphatic hydroxyl groups excluding tert-OH is 1. The molecule has 0 spiro atoms. The maximum atomic E-state index is 8.72. The van der Waals surface area contributed by atoms with Crippen molar-refractivity contribution < 1.29 is 5.11 Å². The normalized spacial score (nSPS) is 13.3. The van der Waals surface area contributed by atoms with Crippen LogP contribution in [0.5, 0.6) is 0 Å². The van der Waals surface area contributed by atoms with E-state index in [1.807, 2.05) is 6.92 Å². The van der Waals surface area contributed by atoms with Crippen LogP contribution in [0.15, 0.2) is 12.3 Å². The highest BCUT2D eigenvalue weighted by Crippen LogP contribution is 2.03. The van der Waals surface area contributed by atoms with Crippen LogP contribution in [0.4, 0.5) is 0 Å². The topological polar surface area (TPSA) is 32.3 Å². The largest absolute Gasteiger partial charge is 0.396 e. The highest BCUT2D eigenvalue weighted by molar-refractivity contribution is 4.96. The molecule has 0 amide bonds. The van der Waals surface area contributed by atoms with Crippen LogP contribution in [0.1, 0.15) is 20.8 Å². The minimum absolute atomic E-state index is 0.155. The zero-order valence-electron chi connectivity index (χ0n) is 7.02. The number of aliphatic hydroxyl groups is 1. The zero-order chi connectivity index (χ0) is 8.15. The third-order valence-electron chi connectivity index (χ3n) is 1.34. The van der Waals surface area contributed by atoms with E-state index in [-0.39, 0.29) is 12.5 Å². The molecule has 10 heavy (non-hydrogen) atoms. The van der Waals surface area contributed by atoms with Gasteiger partial charge < -0.3 is 10.4 Å². The van der Waals surface area contributed by atoms with Crippen molar-refractivity contribution in [2.24, 2.45) is 5.92 Å². The molecule has 1 atom stereocenters. The van der Waals surface area contributed by atoms with Gasteiger partial charge in [-0.1, -0.05) is 13.5 Å². The number of rotatable bonds is 4. The van der Waals surface area contributed by atoms with Crippen LogP contribution in [-0.4, -0.2) is 17.8 Å². The molecule has 0 saturated carbocycles. The van der Waals surface area contributed by atoms with Crippen molar-refractivity contribution >= 4 is 0 Å². The molecule has 0 aliphatic carbocycles. The van der Waals surface area contributed by atoms with Gasteiger partial charge in [0, 0.05) is 17.7 Å². The predicted molar refractivity (Wildman–Crippen MR) is 43.7 cm³/mol. The van der Waals surface area contributed by atoms with E-state index in [2.05, 4.69) is 25.7 Å². The van der Waals surface area contributed by atoms with Crippen molar-refractivity contribution in [1.82, 2.24) is 5.32 Å². The Morgan fingerprint density at radius 3 is 2.30 bits per heavy atom. The van der Waals surface area contributed by atoms with Crippen LogP contribution >= 0.6 is 0 Å². The van der Waals surface area contributed by atoms with Crippen molar-refractivity contribution in [2.45, 2.75) is 26.8 Å². The van der Waals surface area contributed by atoms with E-state index >= 15 is 0 Å². The Kier molecular flexibility index (Phi) is 4.12. The molecule has 0 heterocycles. The summed E-state index contributed by atoms with van der Waals surface area (Å²) in [6.45, 7) is 10.0. The van der Waals surface area contributed by atoms with Gasteiger partial charge >= 0.3 is 0 Å². The van der Waals surface area contributed by atoms with Gasteiger partial charge in [0.1, 0.15) is 0 Å². The summed E-state index contributed by atoms with van der Waals surface area (Å²) in [5.74, 6) is 0.155. The lowest BCUT2D eigenvalue weighted by Crippen LogP contribution is -2.26. The fourth-order valence-corrected chi connectivity index (χ4v) is 0.623. The van der Waals surface area contributed by atoms with E-state index in [0.717, 1.165) is 5.70 Å². The van der Waals surface area contributed by atoms with E-state index in [9.17, 15) is 0 Å². The molecule has 0 bridgehead atoms. The maximum Gasteiger partial charge on any atom is 0.0511 e. The summed E-state index contributed by atoms with van der Waals surface area (Å²) in [5.41, 5.74) is 0.914. The fourth-order valence-electron chi connectivity index (χ4n) is 0.623. The van der Waals surface area contributed by atoms with E-state index in [4.69, 9.17) is 5.11 Å². The molecule has 0 aromatic carbocycles. The monoisotopic (exact) mass is 143 g/mol. The van der Waals surface area contributed by atoms with Crippen molar-refractivity contribution in [3.8, 4) is 0 Å². The third kappa shape index (κ3) is 3.51. The minimum Gasteiger partial charge on any atom is -0.396 e. The first-order valence-electron chi connectivity index (χ1n) is 3.64. The molecular weight excluding hydrogens is 126 g/mol. The second-order valence-corrected chi connectivity index (χ2v) is 2.91. The highest BCUT2D eigenvalue weighted by Gasteiger charge is 2.04. The molecule has 0 aliphatic rings. The van der Waals surface area contributed by atoms with E-state index in [0.29, 0.717) is 6.04 Å². The Morgan fingerprint density at radius 1 is 1.50 bits per heavy atom. The zero-order valence-corrected chi connectivity index (χ0v) is 7.02. The lowest BCUT2D eigenvalue weighted by atomic mass is 10.1. The van der Waals surface area contributed by atoms with E-state index in [1.165, 1.54) is 0 Å². The molecule has 0 radical (unpaired) electrons. The van der Waals surface area contributed by atoms with Crippen molar-refractivity contribution in [1.29, 1.82) is 0 Å². The second kappa shape index (κ2) is 4.34. The summed E-state index contributed by atoms with van der Waals surface area (Å²) in [5, 5.41) is 11.9. The summed E-state index contributed by atoms with van der Waals surface area (Å²) in [6.07, 6.45) is 0. The minimum atomic E-state index is 0.155. The molecule has 1 unspecified atom stereocenters. The summed E-state index contributed by atoms with van der Waals surface area (Å²) in [4.78, 5) is 0. The molecule has 2 heteroatoms. The van der Waals surface area contributed by atoms with Gasteiger partial charge in [0.2, 0.25) is 0 Å². The van der Waals surface area contributed by atoms with Crippen LogP contribution in [0.2, 0.25) is 0 Å². The smallest absolute Gasteiger partial charge is 0.0511 e. The van der Waals surface area contributed by atoms with Gasteiger partial charge in [-0.05, 0) is 13.8 Å². The molecule has 2 N–H and O–H groups in total. The summed E-state index contributed by atoms with van der Waals surface area (Å²) < 4.78 is 0. The van der Waals surface area contributed by atoms with Crippen LogP contribution in [0.25, 0.3) is 0 Å². The summed E-state index contributed by atoms with van der Waals surface area (Å²) in [6, 6.07) is 0.404. The van der Waals surface area contributed by atoms with Gasteiger partial charge in [0.15, 0.2) is 0 Å². The van der Waals surface area contributed by atoms with Crippen LogP contribution in [0.3, 0.4) is 0 Å². The Hall–Kier alpha value is -0.500. The Morgan fingerprint density at radius 2 is 2.00 bits per heavy atom. The second-order valence-electron chi connectivity index (χ2n) is 2.91. The standard InChI is InChI=1S/C8H17NO/c1-6(2)9-8(4)7(3)5-10/h6-7,9-10H,4-5H2,1-3H3. The first-order chi connectivity index (χ1) is 4.57. The Balaban J connectivity index is 3.62. The quantitative estimate of drug-likeness (QED) is 0.618. The first-order valence-corrected chi connectivity index (χ1v) is 3.64. The summed E-state index contributed by atoms with van der Waals surface area (Å²) in [7, 11) is 0. The van der Waals surface area contributed by atoms with Gasteiger partial charge in [-0.15, -0.1) is 0 Å². The van der Waals surface area contributed by atoms with Crippen molar-refractivity contribution in [2.75, 3.05) is 6.61 Å². The Labute approximate surface area is 62.9 Å². The van der Waals surface area contributed by atoms with Crippen LogP contribution in [0, 0.1) is 5.92 Å². The van der Waals surface area contributed by atoms with Crippen molar-refractivity contribution in [3.05, 3.63) is 12.3 Å². The van der Waals surface area contributed by atoms with Gasteiger partial charge in [-0.25, -0.2) is 0 Å². The predicted octanol–water partition coefficient (Wildman–Crippen LogP) is 1.13. The van der Waals surface area contributed by atoms with Crippen LogP contribution < -0.4 is 5.32 Å². The van der Waals surface area contributed by atoms with E-state index in [1.54, 1.807) is 0 Å². The average molecular weight is 143 g/mol. The molecular formula is C8H17NO. The lowest BCUT2D eigenvalue weighted by molar-refractivity contribution is 0.250. The highest BCUT2D eigenvalue weighted by atomic mass is 16.3. The molecule has 0 fully saturated rings. The van der Waals surface area contributed by atoms with Crippen molar-refractivity contribution in [3.63, 3.8) is 0 Å². The molecule has 0 aliphatic heterocycles. The fraction of sp³-hybridized carbons (Fsp3) is 0.750. The van der Waals surface area contributed by atoms with Gasteiger partial charge in [0.05, 0.1) is 6.61 Å². The number of hydrogen-bond donors (Lipinski definition) is 2. The Bertz CT molecular complexity index is 110. The van der Waals surface area contributed by atoms with Gasteiger partial charge in [-0.3, -0.25) is 0 Å². The van der Waals surface area contributed by atoms with Gasteiger partial charge in [-0.2, -0.15) is 0 Å². The number of hydrogen-bond acceptors (Lipinski definition) is 2. The average Bonchev–Trinajstić information content (AvgIpc) is 1.85. The molecule has 60 valence electrons.